The van der Waals surface area contributed by atoms with Gasteiger partial charge in [-0.05, 0) is 47.9 Å². The van der Waals surface area contributed by atoms with Gasteiger partial charge in [-0.25, -0.2) is 9.59 Å². The van der Waals surface area contributed by atoms with Gasteiger partial charge in [-0.3, -0.25) is 0 Å². The Morgan fingerprint density at radius 3 is 2.10 bits per heavy atom. The van der Waals surface area contributed by atoms with E-state index in [-0.39, 0.29) is 18.4 Å². The number of carbonyl (C=O) groups is 2. The largest absolute Gasteiger partial charge is 0.480 e. The van der Waals surface area contributed by atoms with Crippen LogP contribution in [0.5, 0.6) is 0 Å². The maximum Gasteiger partial charge on any atom is 0.408 e. The smallest absolute Gasteiger partial charge is 0.408 e. The van der Waals surface area contributed by atoms with Crippen LogP contribution >= 0.6 is 0 Å². The Bertz CT molecular complexity index is 873. The Labute approximate surface area is 171 Å². The molecule has 0 bridgehead atoms. The Balaban J connectivity index is 1.47. The van der Waals surface area contributed by atoms with E-state index in [0.717, 1.165) is 54.4 Å². The summed E-state index contributed by atoms with van der Waals surface area (Å²) < 4.78 is 5.56. The second-order valence-electron chi connectivity index (χ2n) is 8.29. The van der Waals surface area contributed by atoms with Crippen molar-refractivity contribution in [2.45, 2.75) is 50.5 Å². The highest BCUT2D eigenvalue weighted by Crippen LogP contribution is 2.44. The summed E-state index contributed by atoms with van der Waals surface area (Å²) >= 11 is 0. The molecule has 2 aromatic rings. The normalized spacial score (nSPS) is 18.4. The van der Waals surface area contributed by atoms with Gasteiger partial charge < -0.3 is 15.2 Å². The molecule has 5 heteroatoms. The minimum atomic E-state index is -1.30. The fourth-order valence-electron chi connectivity index (χ4n) is 4.86. The predicted octanol–water partition coefficient (Wildman–Crippen LogP) is 4.95. The van der Waals surface area contributed by atoms with Crippen molar-refractivity contribution in [3.63, 3.8) is 0 Å². The molecule has 0 heterocycles. The Kier molecular flexibility index (Phi) is 5.31. The number of ether oxygens (including phenoxy) is 1. The highest BCUT2D eigenvalue weighted by atomic mass is 16.5. The van der Waals surface area contributed by atoms with E-state index in [2.05, 4.69) is 29.6 Å². The molecule has 1 atom stereocenters. The minimum Gasteiger partial charge on any atom is -0.480 e. The summed E-state index contributed by atoms with van der Waals surface area (Å²) in [7, 11) is 0. The van der Waals surface area contributed by atoms with Crippen LogP contribution in [-0.2, 0) is 9.53 Å². The molecular weight excluding hydrogens is 366 g/mol. The molecule has 152 valence electrons. The first-order valence-corrected chi connectivity index (χ1v) is 10.4. The lowest BCUT2D eigenvalue weighted by Crippen LogP contribution is -2.57. The maximum atomic E-state index is 12.6. The molecule has 29 heavy (non-hydrogen) atoms. The molecule has 4 rings (SSSR count). The number of benzene rings is 2. The molecule has 2 N–H and O–H groups in total. The average Bonchev–Trinajstić information content (AvgIpc) is 3.06. The summed E-state index contributed by atoms with van der Waals surface area (Å²) in [5.74, 6) is -1.12. The third-order valence-corrected chi connectivity index (χ3v) is 6.57. The molecule has 1 saturated carbocycles. The number of carboxylic acids is 1. The number of fused-ring (bicyclic) bond motifs is 3. The highest BCUT2D eigenvalue weighted by Gasteiger charge is 2.43. The summed E-state index contributed by atoms with van der Waals surface area (Å²) in [5, 5.41) is 12.5. The molecule has 0 aliphatic heterocycles. The number of carboxylic acid groups (broad SMARTS) is 1. The summed E-state index contributed by atoms with van der Waals surface area (Å²) in [6.45, 7) is 1.78. The van der Waals surface area contributed by atoms with E-state index in [1.165, 1.54) is 0 Å². The third kappa shape index (κ3) is 3.61. The average molecular weight is 393 g/mol. The van der Waals surface area contributed by atoms with Crippen LogP contribution in [0.3, 0.4) is 0 Å². The quantitative estimate of drug-likeness (QED) is 0.754. The van der Waals surface area contributed by atoms with E-state index in [0.29, 0.717) is 0 Å². The van der Waals surface area contributed by atoms with Crippen LogP contribution in [0.2, 0.25) is 0 Å². The van der Waals surface area contributed by atoms with Crippen LogP contribution in [0.1, 0.15) is 56.1 Å². The standard InChI is InChI=1S/C24H27NO4/c1-24(22(26)27,16-9-3-2-4-10-16)25-23(28)29-15-21-19-13-7-5-11-17(19)18-12-6-8-14-20(18)21/h5-8,11-14,16,21H,2-4,9-10,15H2,1H3,(H,25,28)(H,26,27)/t24-/m0/s1. The SMILES string of the molecule is C[C@@](NC(=O)OCC1c2ccccc2-c2ccccc21)(C(=O)O)C1CCCCC1. The minimum absolute atomic E-state index is 0.0427. The summed E-state index contributed by atoms with van der Waals surface area (Å²) in [6.07, 6.45) is 4.08. The fourth-order valence-corrected chi connectivity index (χ4v) is 4.86. The molecule has 1 amide bonds. The second-order valence-corrected chi connectivity index (χ2v) is 8.29. The number of aliphatic carboxylic acids is 1. The monoisotopic (exact) mass is 393 g/mol. The lowest BCUT2D eigenvalue weighted by atomic mass is 9.75. The molecule has 2 aliphatic carbocycles. The van der Waals surface area contributed by atoms with Gasteiger partial charge in [0.1, 0.15) is 12.1 Å². The Morgan fingerprint density at radius 1 is 1.00 bits per heavy atom. The van der Waals surface area contributed by atoms with Crippen LogP contribution in [0.15, 0.2) is 48.5 Å². The van der Waals surface area contributed by atoms with Crippen molar-refractivity contribution >= 4 is 12.1 Å². The van der Waals surface area contributed by atoms with E-state index >= 15 is 0 Å². The van der Waals surface area contributed by atoms with Gasteiger partial charge in [-0.1, -0.05) is 67.8 Å². The summed E-state index contributed by atoms with van der Waals surface area (Å²) in [5.41, 5.74) is 3.29. The van der Waals surface area contributed by atoms with Crippen molar-refractivity contribution in [2.75, 3.05) is 6.61 Å². The molecule has 2 aromatic carbocycles. The van der Waals surface area contributed by atoms with Crippen molar-refractivity contribution in [1.82, 2.24) is 5.32 Å². The third-order valence-electron chi connectivity index (χ3n) is 6.57. The zero-order valence-electron chi connectivity index (χ0n) is 16.7. The van der Waals surface area contributed by atoms with Crippen LogP contribution in [0.25, 0.3) is 11.1 Å². The zero-order chi connectivity index (χ0) is 20.4. The first-order valence-electron chi connectivity index (χ1n) is 10.4. The van der Waals surface area contributed by atoms with Crippen molar-refractivity contribution < 1.29 is 19.4 Å². The molecule has 1 fully saturated rings. The second kappa shape index (κ2) is 7.90. The van der Waals surface area contributed by atoms with E-state index in [4.69, 9.17) is 4.74 Å². The first-order chi connectivity index (χ1) is 14.0. The van der Waals surface area contributed by atoms with Crippen LogP contribution < -0.4 is 5.32 Å². The first kappa shape index (κ1) is 19.5. The molecule has 0 radical (unpaired) electrons. The topological polar surface area (TPSA) is 75.6 Å². The van der Waals surface area contributed by atoms with E-state index in [9.17, 15) is 14.7 Å². The lowest BCUT2D eigenvalue weighted by molar-refractivity contribution is -0.147. The number of carbonyl (C=O) groups excluding carboxylic acids is 1. The van der Waals surface area contributed by atoms with Gasteiger partial charge in [0, 0.05) is 5.92 Å². The van der Waals surface area contributed by atoms with Crippen molar-refractivity contribution in [2.24, 2.45) is 5.92 Å². The lowest BCUT2D eigenvalue weighted by Gasteiger charge is -2.36. The highest BCUT2D eigenvalue weighted by molar-refractivity contribution is 5.84. The van der Waals surface area contributed by atoms with Crippen LogP contribution in [-0.4, -0.2) is 29.3 Å². The van der Waals surface area contributed by atoms with Crippen molar-refractivity contribution in [3.8, 4) is 11.1 Å². The van der Waals surface area contributed by atoms with Gasteiger partial charge >= 0.3 is 12.1 Å². The van der Waals surface area contributed by atoms with Crippen LogP contribution in [0.4, 0.5) is 4.79 Å². The number of amides is 1. The molecule has 5 nitrogen and oxygen atoms in total. The summed E-state index contributed by atoms with van der Waals surface area (Å²) in [4.78, 5) is 24.6. The number of nitrogens with one attached hydrogen (secondary N) is 1. The van der Waals surface area contributed by atoms with E-state index in [1.54, 1.807) is 6.92 Å². The maximum absolute atomic E-state index is 12.6. The van der Waals surface area contributed by atoms with Gasteiger partial charge in [0.05, 0.1) is 0 Å². The van der Waals surface area contributed by atoms with Gasteiger partial charge in [-0.15, -0.1) is 0 Å². The molecule has 0 aromatic heterocycles. The molecule has 0 saturated heterocycles. The molecular formula is C24H27NO4. The van der Waals surface area contributed by atoms with Gasteiger partial charge in [0.2, 0.25) is 0 Å². The van der Waals surface area contributed by atoms with E-state index in [1.807, 2.05) is 24.3 Å². The fraction of sp³-hybridized carbons (Fsp3) is 0.417. The van der Waals surface area contributed by atoms with Gasteiger partial charge in [-0.2, -0.15) is 0 Å². The predicted molar refractivity (Wildman–Crippen MR) is 111 cm³/mol. The Morgan fingerprint density at radius 2 is 1.55 bits per heavy atom. The van der Waals surface area contributed by atoms with E-state index < -0.39 is 17.6 Å². The number of rotatable bonds is 5. The molecule has 0 spiro atoms. The zero-order valence-corrected chi connectivity index (χ0v) is 16.7. The molecule has 0 unspecified atom stereocenters. The number of hydrogen-bond donors (Lipinski definition) is 2. The number of alkyl carbamates (subject to hydrolysis) is 1. The van der Waals surface area contributed by atoms with Crippen molar-refractivity contribution in [1.29, 1.82) is 0 Å². The Hall–Kier alpha value is -2.82. The molecule has 2 aliphatic rings. The van der Waals surface area contributed by atoms with Gasteiger partial charge in [0.15, 0.2) is 0 Å². The van der Waals surface area contributed by atoms with Gasteiger partial charge in [0.25, 0.3) is 0 Å². The summed E-state index contributed by atoms with van der Waals surface area (Å²) in [6, 6.07) is 16.3. The van der Waals surface area contributed by atoms with Crippen molar-refractivity contribution in [3.05, 3.63) is 59.7 Å². The number of hydrogen-bond acceptors (Lipinski definition) is 3. The van der Waals surface area contributed by atoms with Crippen LogP contribution in [0, 0.1) is 5.92 Å².